The molecule has 0 saturated carbocycles. The van der Waals surface area contributed by atoms with E-state index in [1.165, 1.54) is 5.56 Å². The molecule has 0 radical (unpaired) electrons. The highest BCUT2D eigenvalue weighted by molar-refractivity contribution is 5.36. The van der Waals surface area contributed by atoms with Crippen molar-refractivity contribution in [1.82, 2.24) is 4.90 Å². The van der Waals surface area contributed by atoms with Crippen LogP contribution in [0.2, 0.25) is 0 Å². The van der Waals surface area contributed by atoms with E-state index in [9.17, 15) is 0 Å². The van der Waals surface area contributed by atoms with E-state index in [2.05, 4.69) is 68.7 Å². The minimum Gasteiger partial charge on any atom is -0.395 e. The topological polar surface area (TPSA) is 23.5 Å². The van der Waals surface area contributed by atoms with Gasteiger partial charge < -0.3 is 5.11 Å². The van der Waals surface area contributed by atoms with Gasteiger partial charge in [0.05, 0.1) is 6.61 Å². The first-order valence-corrected chi connectivity index (χ1v) is 7.45. The van der Waals surface area contributed by atoms with E-state index >= 15 is 0 Å². The fourth-order valence-electron chi connectivity index (χ4n) is 2.08. The maximum absolute atomic E-state index is 8.70. The third-order valence-corrected chi connectivity index (χ3v) is 3.14. The van der Waals surface area contributed by atoms with Crippen LogP contribution in [0.25, 0.3) is 0 Å². The van der Waals surface area contributed by atoms with E-state index in [1.807, 2.05) is 0 Å². The van der Waals surface area contributed by atoms with Crippen LogP contribution >= 0.6 is 0 Å². The first kappa shape index (κ1) is 16.8. The Balaban J connectivity index is 2.66. The van der Waals surface area contributed by atoms with E-state index in [4.69, 9.17) is 5.11 Å². The van der Waals surface area contributed by atoms with Crippen molar-refractivity contribution in [3.05, 3.63) is 35.4 Å². The van der Waals surface area contributed by atoms with Crippen molar-refractivity contribution in [2.24, 2.45) is 5.92 Å². The van der Waals surface area contributed by atoms with Crippen LogP contribution in [0.4, 0.5) is 0 Å². The lowest BCUT2D eigenvalue weighted by molar-refractivity contribution is 0.189. The van der Waals surface area contributed by atoms with E-state index < -0.39 is 0 Å². The third-order valence-electron chi connectivity index (χ3n) is 3.14. The molecule has 0 bridgehead atoms. The number of hydrogen-bond donors (Lipinski definition) is 1. The van der Waals surface area contributed by atoms with Crippen molar-refractivity contribution in [2.45, 2.75) is 46.7 Å². The summed E-state index contributed by atoms with van der Waals surface area (Å²) in [7, 11) is 0. The molecule has 0 spiro atoms. The highest BCUT2D eigenvalue weighted by atomic mass is 16.2. The van der Waals surface area contributed by atoms with Crippen LogP contribution in [-0.2, 0) is 6.54 Å². The molecule has 0 heterocycles. The first-order valence-electron chi connectivity index (χ1n) is 7.45. The number of aliphatic hydroxyl groups excluding tert-OH is 1. The summed E-state index contributed by atoms with van der Waals surface area (Å²) in [6.07, 6.45) is 0.539. The molecule has 0 amide bonds. The van der Waals surface area contributed by atoms with Crippen LogP contribution in [0, 0.1) is 17.8 Å². The Morgan fingerprint density at radius 3 is 2.25 bits per heavy atom. The predicted octanol–water partition coefficient (Wildman–Crippen LogP) is 3.29. The standard InChI is InChI=1S/C18H27NO/c1-15(2)13-19(16(3)4)14-18-10-8-17(9-11-18)7-5-6-12-20/h8-11,15-16,20H,6,12-14H2,1-4H3. The summed E-state index contributed by atoms with van der Waals surface area (Å²) >= 11 is 0. The summed E-state index contributed by atoms with van der Waals surface area (Å²) < 4.78 is 0. The fourth-order valence-corrected chi connectivity index (χ4v) is 2.08. The van der Waals surface area contributed by atoms with E-state index in [0.29, 0.717) is 18.4 Å². The maximum atomic E-state index is 8.70. The number of nitrogens with zero attached hydrogens (tertiary/aromatic N) is 1. The van der Waals surface area contributed by atoms with E-state index in [0.717, 1.165) is 18.7 Å². The quantitative estimate of drug-likeness (QED) is 0.804. The molecule has 0 aromatic heterocycles. The Bertz CT molecular complexity index is 437. The minimum absolute atomic E-state index is 0.129. The summed E-state index contributed by atoms with van der Waals surface area (Å²) in [6, 6.07) is 8.99. The van der Waals surface area contributed by atoms with Crippen molar-refractivity contribution >= 4 is 0 Å². The molecule has 110 valence electrons. The zero-order chi connectivity index (χ0) is 15.0. The number of hydrogen-bond acceptors (Lipinski definition) is 2. The number of aliphatic hydroxyl groups is 1. The van der Waals surface area contributed by atoms with E-state index in [-0.39, 0.29) is 6.61 Å². The lowest BCUT2D eigenvalue weighted by atomic mass is 10.1. The van der Waals surface area contributed by atoms with Crippen LogP contribution in [0.1, 0.15) is 45.2 Å². The van der Waals surface area contributed by atoms with Crippen LogP contribution in [-0.4, -0.2) is 29.2 Å². The van der Waals surface area contributed by atoms with Gasteiger partial charge in [0.1, 0.15) is 0 Å². The van der Waals surface area contributed by atoms with Crippen LogP contribution < -0.4 is 0 Å². The molecule has 0 unspecified atom stereocenters. The molecule has 0 aliphatic carbocycles. The molecule has 2 heteroatoms. The van der Waals surface area contributed by atoms with Gasteiger partial charge in [-0.05, 0) is 37.5 Å². The lowest BCUT2D eigenvalue weighted by Crippen LogP contribution is -2.33. The number of benzene rings is 1. The van der Waals surface area contributed by atoms with Crippen molar-refractivity contribution in [1.29, 1.82) is 0 Å². The lowest BCUT2D eigenvalue weighted by Gasteiger charge is -2.28. The average molecular weight is 273 g/mol. The van der Waals surface area contributed by atoms with Gasteiger partial charge in [0.15, 0.2) is 0 Å². The SMILES string of the molecule is CC(C)CN(Cc1ccc(C#CCCO)cc1)C(C)C. The first-order chi connectivity index (χ1) is 9.52. The second-order valence-electron chi connectivity index (χ2n) is 5.89. The van der Waals surface area contributed by atoms with Gasteiger partial charge in [-0.3, -0.25) is 4.90 Å². The largest absolute Gasteiger partial charge is 0.395 e. The normalized spacial score (nSPS) is 11.0. The molecule has 0 fully saturated rings. The zero-order valence-corrected chi connectivity index (χ0v) is 13.2. The maximum Gasteiger partial charge on any atom is 0.0540 e. The molecular formula is C18H27NO. The van der Waals surface area contributed by atoms with Gasteiger partial charge in [-0.15, -0.1) is 0 Å². The molecular weight excluding hydrogens is 246 g/mol. The van der Waals surface area contributed by atoms with Gasteiger partial charge >= 0.3 is 0 Å². The van der Waals surface area contributed by atoms with Crippen molar-refractivity contribution in [3.8, 4) is 11.8 Å². The highest BCUT2D eigenvalue weighted by Crippen LogP contribution is 2.12. The fraction of sp³-hybridized carbons (Fsp3) is 0.556. The molecule has 0 saturated heterocycles. The highest BCUT2D eigenvalue weighted by Gasteiger charge is 2.11. The monoisotopic (exact) mass is 273 g/mol. The predicted molar refractivity (Wildman–Crippen MR) is 85.4 cm³/mol. The Hall–Kier alpha value is -1.30. The number of rotatable bonds is 6. The third kappa shape index (κ3) is 6.23. The Morgan fingerprint density at radius 1 is 1.10 bits per heavy atom. The van der Waals surface area contributed by atoms with Gasteiger partial charge in [0.2, 0.25) is 0 Å². The Labute approximate surface area is 123 Å². The summed E-state index contributed by atoms with van der Waals surface area (Å²) in [5.41, 5.74) is 2.34. The molecule has 20 heavy (non-hydrogen) atoms. The average Bonchev–Trinajstić information content (AvgIpc) is 2.39. The Kier molecular flexibility index (Phi) is 7.36. The summed E-state index contributed by atoms with van der Waals surface area (Å²) in [6.45, 7) is 11.2. The Morgan fingerprint density at radius 2 is 1.75 bits per heavy atom. The summed E-state index contributed by atoms with van der Waals surface area (Å²) in [5, 5.41) is 8.70. The summed E-state index contributed by atoms with van der Waals surface area (Å²) in [5.74, 6) is 6.68. The van der Waals surface area contributed by atoms with Crippen molar-refractivity contribution in [3.63, 3.8) is 0 Å². The zero-order valence-electron chi connectivity index (χ0n) is 13.2. The molecule has 2 nitrogen and oxygen atoms in total. The molecule has 1 aromatic carbocycles. The van der Waals surface area contributed by atoms with Crippen LogP contribution in [0.3, 0.4) is 0 Å². The second kappa shape index (κ2) is 8.79. The van der Waals surface area contributed by atoms with Crippen molar-refractivity contribution in [2.75, 3.05) is 13.2 Å². The molecule has 1 rings (SSSR count). The summed E-state index contributed by atoms with van der Waals surface area (Å²) in [4.78, 5) is 2.50. The van der Waals surface area contributed by atoms with E-state index in [1.54, 1.807) is 0 Å². The van der Waals surface area contributed by atoms with Gasteiger partial charge in [-0.1, -0.05) is 37.8 Å². The molecule has 0 atom stereocenters. The van der Waals surface area contributed by atoms with Crippen molar-refractivity contribution < 1.29 is 5.11 Å². The van der Waals surface area contributed by atoms with Gasteiger partial charge in [0, 0.05) is 31.1 Å². The smallest absolute Gasteiger partial charge is 0.0540 e. The second-order valence-corrected chi connectivity index (χ2v) is 5.89. The van der Waals surface area contributed by atoms with Gasteiger partial charge in [0.25, 0.3) is 0 Å². The molecule has 0 aliphatic rings. The molecule has 1 N–H and O–H groups in total. The van der Waals surface area contributed by atoms with Crippen LogP contribution in [0.5, 0.6) is 0 Å². The van der Waals surface area contributed by atoms with Gasteiger partial charge in [-0.25, -0.2) is 0 Å². The van der Waals surface area contributed by atoms with Gasteiger partial charge in [-0.2, -0.15) is 0 Å². The molecule has 1 aromatic rings. The van der Waals surface area contributed by atoms with Crippen LogP contribution in [0.15, 0.2) is 24.3 Å². The molecule has 0 aliphatic heterocycles. The minimum atomic E-state index is 0.129.